The van der Waals surface area contributed by atoms with Crippen molar-refractivity contribution in [1.29, 1.82) is 0 Å². The monoisotopic (exact) mass is 630 g/mol. The smallest absolute Gasteiger partial charge is 0.422 e. The number of alkyl halides is 5. The summed E-state index contributed by atoms with van der Waals surface area (Å²) in [6.45, 7) is -4.86. The van der Waals surface area contributed by atoms with Crippen molar-refractivity contribution in [2.75, 3.05) is 26.1 Å². The van der Waals surface area contributed by atoms with Crippen molar-refractivity contribution in [3.05, 3.63) is 76.1 Å². The zero-order valence-electron chi connectivity index (χ0n) is 22.8. The lowest BCUT2D eigenvalue weighted by Gasteiger charge is -2.14. The number of hydrogen-bond acceptors (Lipinski definition) is 7. The lowest BCUT2D eigenvalue weighted by molar-refractivity contribution is -0.154. The maximum Gasteiger partial charge on any atom is 0.422 e. The minimum atomic E-state index is -4.73. The van der Waals surface area contributed by atoms with Crippen LogP contribution in [0.15, 0.2) is 53.3 Å². The number of rotatable bonds is 10. The Balaban J connectivity index is 1.89. The minimum Gasteiger partial charge on any atom is -0.497 e. The van der Waals surface area contributed by atoms with Crippen LogP contribution in [0.5, 0.6) is 23.1 Å². The number of anilines is 1. The minimum absolute atomic E-state index is 0.0969. The van der Waals surface area contributed by atoms with Gasteiger partial charge in [-0.25, -0.2) is 8.78 Å². The molecule has 0 fully saturated rings. The molecule has 2 aromatic carbocycles. The average Bonchev–Trinajstić information content (AvgIpc) is 3.19. The lowest BCUT2D eigenvalue weighted by atomic mass is 10.1. The van der Waals surface area contributed by atoms with Crippen molar-refractivity contribution in [2.45, 2.75) is 12.8 Å². The Morgan fingerprint density at radius 3 is 2.09 bits per heavy atom. The number of benzene rings is 2. The molecule has 0 aliphatic heterocycles. The third-order valence-electron chi connectivity index (χ3n) is 5.93. The van der Waals surface area contributed by atoms with Crippen LogP contribution in [0.4, 0.5) is 36.4 Å². The molecule has 0 aliphatic carbocycles. The lowest BCUT2D eigenvalue weighted by Crippen LogP contribution is -2.24. The third kappa shape index (κ3) is 6.87. The van der Waals surface area contributed by atoms with E-state index in [1.807, 2.05) is 0 Å². The van der Waals surface area contributed by atoms with Gasteiger partial charge in [-0.3, -0.25) is 14.3 Å². The highest BCUT2D eigenvalue weighted by Gasteiger charge is 2.30. The highest BCUT2D eigenvalue weighted by Crippen LogP contribution is 2.35. The molecule has 0 unspecified atom stereocenters. The summed E-state index contributed by atoms with van der Waals surface area (Å²) in [6.07, 6.45) is -4.73. The largest absolute Gasteiger partial charge is 0.497 e. The van der Waals surface area contributed by atoms with Gasteiger partial charge in [0.1, 0.15) is 40.3 Å². The third-order valence-corrected chi connectivity index (χ3v) is 5.93. The zero-order valence-corrected chi connectivity index (χ0v) is 22.8. The van der Waals surface area contributed by atoms with Gasteiger partial charge in [-0.15, -0.1) is 0 Å². The molecule has 44 heavy (non-hydrogen) atoms. The number of halogens is 7. The fourth-order valence-corrected chi connectivity index (χ4v) is 4.05. The number of carbonyl (C=O) groups excluding carboxylic acids is 1. The molecule has 17 heteroatoms. The van der Waals surface area contributed by atoms with Crippen molar-refractivity contribution in [2.24, 2.45) is 7.05 Å². The van der Waals surface area contributed by atoms with E-state index in [1.54, 1.807) is 0 Å². The van der Waals surface area contributed by atoms with E-state index in [0.29, 0.717) is 4.68 Å². The summed E-state index contributed by atoms with van der Waals surface area (Å²) < 4.78 is 114. The average molecular weight is 630 g/mol. The molecule has 2 heterocycles. The molecule has 0 atom stereocenters. The van der Waals surface area contributed by atoms with Gasteiger partial charge in [0.2, 0.25) is 5.88 Å². The molecule has 0 radical (unpaired) electrons. The van der Waals surface area contributed by atoms with Gasteiger partial charge in [0.05, 0.1) is 19.8 Å². The van der Waals surface area contributed by atoms with Crippen LogP contribution >= 0.6 is 0 Å². The number of nitrogens with zero attached hydrogens (tertiary/aromatic N) is 3. The molecule has 0 bridgehead atoms. The summed E-state index contributed by atoms with van der Waals surface area (Å²) in [5, 5.41) is 2.27. The number of methoxy groups -OCH3 is 2. The van der Waals surface area contributed by atoms with E-state index < -0.39 is 71.1 Å². The molecule has 1 amide bonds. The van der Waals surface area contributed by atoms with Gasteiger partial charge in [0.25, 0.3) is 11.5 Å². The number of carbonyl (C=O) groups is 1. The van der Waals surface area contributed by atoms with Crippen LogP contribution in [0, 0.1) is 11.6 Å². The first-order valence-corrected chi connectivity index (χ1v) is 12.2. The zero-order chi connectivity index (χ0) is 32.3. The highest BCUT2D eigenvalue weighted by molar-refractivity contribution is 6.06. The second-order valence-corrected chi connectivity index (χ2v) is 8.79. The topological polar surface area (TPSA) is 106 Å². The molecular formula is C27H21F7N4O6. The van der Waals surface area contributed by atoms with Gasteiger partial charge >= 0.3 is 12.8 Å². The summed E-state index contributed by atoms with van der Waals surface area (Å²) >= 11 is 0. The first kappa shape index (κ1) is 31.7. The van der Waals surface area contributed by atoms with Gasteiger partial charge < -0.3 is 24.3 Å². The molecule has 234 valence electrons. The van der Waals surface area contributed by atoms with Crippen molar-refractivity contribution < 1.29 is 54.5 Å². The van der Waals surface area contributed by atoms with E-state index in [2.05, 4.69) is 15.0 Å². The molecule has 0 spiro atoms. The molecule has 0 aliphatic rings. The predicted octanol–water partition coefficient (Wildman–Crippen LogP) is 5.33. The molecule has 0 saturated carbocycles. The van der Waals surface area contributed by atoms with Gasteiger partial charge in [-0.2, -0.15) is 31.6 Å². The summed E-state index contributed by atoms with van der Waals surface area (Å²) in [4.78, 5) is 30.8. The van der Waals surface area contributed by atoms with Gasteiger partial charge in [-0.1, -0.05) is 0 Å². The molecule has 4 rings (SSSR count). The first-order chi connectivity index (χ1) is 20.7. The molecular weight excluding hydrogens is 609 g/mol. The highest BCUT2D eigenvalue weighted by atomic mass is 19.4. The normalized spacial score (nSPS) is 11.4. The quantitative estimate of drug-likeness (QED) is 0.236. The van der Waals surface area contributed by atoms with Crippen molar-refractivity contribution in [3.63, 3.8) is 0 Å². The first-order valence-electron chi connectivity index (χ1n) is 12.2. The van der Waals surface area contributed by atoms with Crippen LogP contribution in [-0.2, 0) is 7.05 Å². The fourth-order valence-electron chi connectivity index (χ4n) is 4.05. The number of hydrogen-bond donors (Lipinski definition) is 1. The Bertz CT molecular complexity index is 1710. The van der Waals surface area contributed by atoms with Crippen molar-refractivity contribution >= 4 is 11.6 Å². The van der Waals surface area contributed by atoms with E-state index >= 15 is 8.78 Å². The van der Waals surface area contributed by atoms with E-state index in [9.17, 15) is 31.5 Å². The van der Waals surface area contributed by atoms with Crippen LogP contribution in [0.2, 0.25) is 0 Å². The SMILES string of the molecule is COc1cc(OCC(F)(F)F)nc(-n2c(=O)c(NC(=O)c3ccc(OC(F)F)cc3)c(-c3c(F)cc(OC)cc3F)n2C)c1. The number of nitrogens with one attached hydrogen (secondary N) is 1. The predicted molar refractivity (Wildman–Crippen MR) is 140 cm³/mol. The Morgan fingerprint density at radius 1 is 0.955 bits per heavy atom. The van der Waals surface area contributed by atoms with Crippen LogP contribution in [0.3, 0.4) is 0 Å². The van der Waals surface area contributed by atoms with Crippen LogP contribution < -0.4 is 29.8 Å². The summed E-state index contributed by atoms with van der Waals surface area (Å²) in [5.74, 6) is -4.98. The molecule has 10 nitrogen and oxygen atoms in total. The second kappa shape index (κ2) is 12.6. The van der Waals surface area contributed by atoms with Gasteiger partial charge in [0, 0.05) is 36.9 Å². The molecule has 4 aromatic rings. The summed E-state index contributed by atoms with van der Waals surface area (Å²) in [5.41, 5.74) is -3.25. The summed E-state index contributed by atoms with van der Waals surface area (Å²) in [6, 6.07) is 8.07. The van der Waals surface area contributed by atoms with Gasteiger partial charge in [0.15, 0.2) is 12.4 Å². The van der Waals surface area contributed by atoms with E-state index in [4.69, 9.17) is 14.2 Å². The number of aromatic nitrogens is 3. The number of amides is 1. The van der Waals surface area contributed by atoms with E-state index in [-0.39, 0.29) is 22.8 Å². The van der Waals surface area contributed by atoms with Crippen molar-refractivity contribution in [1.82, 2.24) is 14.3 Å². The maximum atomic E-state index is 15.3. The second-order valence-electron chi connectivity index (χ2n) is 8.79. The Labute approximate surface area is 243 Å². The van der Waals surface area contributed by atoms with E-state index in [0.717, 1.165) is 60.3 Å². The summed E-state index contributed by atoms with van der Waals surface area (Å²) in [7, 11) is 3.51. The van der Waals surface area contributed by atoms with Gasteiger partial charge in [-0.05, 0) is 24.3 Å². The van der Waals surface area contributed by atoms with Crippen LogP contribution in [-0.4, -0.2) is 53.9 Å². The molecule has 2 aromatic heterocycles. The molecule has 1 N–H and O–H groups in total. The number of ether oxygens (including phenoxy) is 4. The van der Waals surface area contributed by atoms with Crippen LogP contribution in [0.1, 0.15) is 10.4 Å². The van der Waals surface area contributed by atoms with E-state index in [1.165, 1.54) is 14.2 Å². The molecule has 0 saturated heterocycles. The number of pyridine rings is 1. The maximum absolute atomic E-state index is 15.3. The fraction of sp³-hybridized carbons (Fsp3) is 0.222. The Hall–Kier alpha value is -5.22. The van der Waals surface area contributed by atoms with Crippen molar-refractivity contribution in [3.8, 4) is 40.2 Å². The standard InChI is InChI=1S/C27H21F7N4O6/c1-37-23(21-17(28)8-15(41-2)9-18(21)29)22(36-24(39)13-4-6-14(7-5-13)44-26(30)31)25(40)38(37)19-10-16(42-3)11-20(35-19)43-12-27(32,33)34/h4-11,26H,12H2,1-3H3,(H,36,39). The Kier molecular flexibility index (Phi) is 9.05. The van der Waals surface area contributed by atoms with Crippen LogP contribution in [0.25, 0.3) is 17.1 Å². The Morgan fingerprint density at radius 2 is 1.55 bits per heavy atom.